The van der Waals surface area contributed by atoms with Crippen LogP contribution in [0, 0.1) is 0 Å². The van der Waals surface area contributed by atoms with E-state index in [-0.39, 0.29) is 0 Å². The van der Waals surface area contributed by atoms with Gasteiger partial charge in [0, 0.05) is 6.54 Å². The lowest BCUT2D eigenvalue weighted by molar-refractivity contribution is 0.161. The Bertz CT molecular complexity index is 274. The van der Waals surface area contributed by atoms with Gasteiger partial charge in [-0.05, 0) is 23.6 Å². The van der Waals surface area contributed by atoms with Crippen LogP contribution >= 0.6 is 0 Å². The van der Waals surface area contributed by atoms with Crippen LogP contribution in [0.3, 0.4) is 0 Å². The number of benzene rings is 1. The van der Waals surface area contributed by atoms with Gasteiger partial charge in [-0.3, -0.25) is 0 Å². The van der Waals surface area contributed by atoms with Crippen molar-refractivity contribution < 1.29 is 9.94 Å². The molecular weight excluding hydrogens is 166 g/mol. The first-order chi connectivity index (χ1) is 6.33. The molecule has 2 N–H and O–H groups in total. The third kappa shape index (κ3) is 2.20. The van der Waals surface area contributed by atoms with E-state index in [2.05, 4.69) is 12.4 Å². The van der Waals surface area contributed by atoms with Crippen molar-refractivity contribution in [2.24, 2.45) is 0 Å². The molecule has 0 aliphatic heterocycles. The summed E-state index contributed by atoms with van der Waals surface area (Å²) in [4.78, 5) is 0. The molecule has 0 aromatic heterocycles. The third-order valence-corrected chi connectivity index (χ3v) is 2.07. The average molecular weight is 181 g/mol. The van der Waals surface area contributed by atoms with Crippen molar-refractivity contribution >= 4 is 0 Å². The van der Waals surface area contributed by atoms with Gasteiger partial charge in [-0.15, -0.1) is 0 Å². The van der Waals surface area contributed by atoms with Crippen molar-refractivity contribution in [3.8, 4) is 5.75 Å². The molecule has 0 saturated carbocycles. The molecule has 0 aliphatic carbocycles. The minimum absolute atomic E-state index is 0.459. The first-order valence-electron chi connectivity index (χ1n) is 4.35. The van der Waals surface area contributed by atoms with Crippen LogP contribution in [0.5, 0.6) is 5.75 Å². The molecule has 1 aromatic rings. The molecule has 0 unspecified atom stereocenters. The van der Waals surface area contributed by atoms with Crippen LogP contribution in [0.25, 0.3) is 0 Å². The van der Waals surface area contributed by atoms with Gasteiger partial charge in [0.05, 0.1) is 7.11 Å². The van der Waals surface area contributed by atoms with Gasteiger partial charge in [0.15, 0.2) is 0 Å². The predicted molar refractivity (Wildman–Crippen MR) is 51.0 cm³/mol. The Morgan fingerprint density at radius 3 is 2.77 bits per heavy atom. The lowest BCUT2D eigenvalue weighted by Crippen LogP contribution is -2.09. The molecule has 1 aromatic carbocycles. The maximum atomic E-state index is 8.61. The van der Waals surface area contributed by atoms with E-state index in [0.717, 1.165) is 23.3 Å². The van der Waals surface area contributed by atoms with E-state index >= 15 is 0 Å². The normalized spacial score (nSPS) is 10.1. The first-order valence-corrected chi connectivity index (χ1v) is 4.35. The van der Waals surface area contributed by atoms with Crippen molar-refractivity contribution in [3.63, 3.8) is 0 Å². The summed E-state index contributed by atoms with van der Waals surface area (Å²) in [5.41, 5.74) is 4.37. The van der Waals surface area contributed by atoms with Crippen molar-refractivity contribution in [1.29, 1.82) is 0 Å². The quantitative estimate of drug-likeness (QED) is 0.695. The van der Waals surface area contributed by atoms with E-state index < -0.39 is 0 Å². The summed E-state index contributed by atoms with van der Waals surface area (Å²) in [6, 6.07) is 5.83. The summed E-state index contributed by atoms with van der Waals surface area (Å²) in [5.74, 6) is 0.884. The maximum Gasteiger partial charge on any atom is 0.122 e. The highest BCUT2D eigenvalue weighted by molar-refractivity contribution is 5.40. The van der Waals surface area contributed by atoms with E-state index in [0.29, 0.717) is 6.54 Å². The fraction of sp³-hybridized carbons (Fsp3) is 0.400. The molecule has 0 radical (unpaired) electrons. The Balaban J connectivity index is 3.03. The van der Waals surface area contributed by atoms with E-state index in [9.17, 15) is 0 Å². The monoisotopic (exact) mass is 181 g/mol. The molecule has 13 heavy (non-hydrogen) atoms. The highest BCUT2D eigenvalue weighted by Gasteiger charge is 2.05. The maximum absolute atomic E-state index is 8.61. The van der Waals surface area contributed by atoms with Crippen molar-refractivity contribution in [1.82, 2.24) is 5.48 Å². The van der Waals surface area contributed by atoms with Gasteiger partial charge in [0.25, 0.3) is 0 Å². The van der Waals surface area contributed by atoms with Gasteiger partial charge >= 0.3 is 0 Å². The molecule has 3 nitrogen and oxygen atoms in total. The van der Waals surface area contributed by atoms with E-state index in [4.69, 9.17) is 9.94 Å². The van der Waals surface area contributed by atoms with Gasteiger partial charge in [-0.25, -0.2) is 5.48 Å². The lowest BCUT2D eigenvalue weighted by atomic mass is 10.0. The van der Waals surface area contributed by atoms with Gasteiger partial charge < -0.3 is 9.94 Å². The topological polar surface area (TPSA) is 41.5 Å². The second kappa shape index (κ2) is 4.84. The van der Waals surface area contributed by atoms with Crippen LogP contribution in [-0.4, -0.2) is 12.3 Å². The van der Waals surface area contributed by atoms with Crippen LogP contribution in [0.4, 0.5) is 0 Å². The lowest BCUT2D eigenvalue weighted by Gasteiger charge is -2.11. The molecule has 0 bridgehead atoms. The fourth-order valence-corrected chi connectivity index (χ4v) is 1.45. The van der Waals surface area contributed by atoms with Crippen molar-refractivity contribution in [2.45, 2.75) is 19.9 Å². The van der Waals surface area contributed by atoms with Crippen LogP contribution in [0.2, 0.25) is 0 Å². The third-order valence-electron chi connectivity index (χ3n) is 2.07. The molecule has 72 valence electrons. The highest BCUT2D eigenvalue weighted by Crippen LogP contribution is 2.22. The van der Waals surface area contributed by atoms with Gasteiger partial charge in [-0.1, -0.05) is 19.1 Å². The second-order valence-corrected chi connectivity index (χ2v) is 2.79. The number of hydrogen-bond acceptors (Lipinski definition) is 3. The smallest absolute Gasteiger partial charge is 0.122 e. The number of rotatable bonds is 4. The van der Waals surface area contributed by atoms with Crippen LogP contribution in [0.1, 0.15) is 18.1 Å². The number of hydrogen-bond donors (Lipinski definition) is 2. The molecule has 0 saturated heterocycles. The Hall–Kier alpha value is -1.06. The summed E-state index contributed by atoms with van der Waals surface area (Å²) < 4.78 is 5.21. The molecule has 0 atom stereocenters. The summed E-state index contributed by atoms with van der Waals surface area (Å²) >= 11 is 0. The summed E-state index contributed by atoms with van der Waals surface area (Å²) in [6.07, 6.45) is 0.904. The average Bonchev–Trinajstić information content (AvgIpc) is 2.18. The molecule has 0 aliphatic rings. The van der Waals surface area contributed by atoms with Crippen molar-refractivity contribution in [3.05, 3.63) is 29.3 Å². The first kappa shape index (κ1) is 10.0. The Morgan fingerprint density at radius 2 is 2.23 bits per heavy atom. The van der Waals surface area contributed by atoms with Crippen LogP contribution in [-0.2, 0) is 13.0 Å². The van der Waals surface area contributed by atoms with E-state index in [1.54, 1.807) is 7.11 Å². The Kier molecular flexibility index (Phi) is 3.73. The molecule has 3 heteroatoms. The number of nitrogens with one attached hydrogen (secondary N) is 1. The Morgan fingerprint density at radius 1 is 1.46 bits per heavy atom. The van der Waals surface area contributed by atoms with Gasteiger partial charge in [0.1, 0.15) is 5.75 Å². The zero-order valence-electron chi connectivity index (χ0n) is 8.00. The minimum Gasteiger partial charge on any atom is -0.496 e. The Labute approximate surface area is 78.3 Å². The summed E-state index contributed by atoms with van der Waals surface area (Å²) in [7, 11) is 1.66. The second-order valence-electron chi connectivity index (χ2n) is 2.79. The van der Waals surface area contributed by atoms with Crippen molar-refractivity contribution in [2.75, 3.05) is 7.11 Å². The zero-order valence-corrected chi connectivity index (χ0v) is 8.00. The molecule has 0 fully saturated rings. The summed E-state index contributed by atoms with van der Waals surface area (Å²) in [6.45, 7) is 2.53. The summed E-state index contributed by atoms with van der Waals surface area (Å²) in [5, 5.41) is 8.61. The van der Waals surface area contributed by atoms with E-state index in [1.807, 2.05) is 18.2 Å². The molecule has 0 spiro atoms. The molecule has 0 amide bonds. The predicted octanol–water partition coefficient (Wildman–Crippen LogP) is 1.74. The van der Waals surface area contributed by atoms with Gasteiger partial charge in [-0.2, -0.15) is 0 Å². The minimum atomic E-state index is 0.459. The largest absolute Gasteiger partial charge is 0.496 e. The molecule has 0 heterocycles. The van der Waals surface area contributed by atoms with E-state index in [1.165, 1.54) is 0 Å². The number of ether oxygens (including phenoxy) is 1. The molecule has 1 rings (SSSR count). The number of methoxy groups -OCH3 is 1. The fourth-order valence-electron chi connectivity index (χ4n) is 1.45. The highest BCUT2D eigenvalue weighted by atomic mass is 16.5. The van der Waals surface area contributed by atoms with Gasteiger partial charge in [0.2, 0.25) is 0 Å². The number of hydroxylamine groups is 1. The standard InChI is InChI=1S/C10H15NO2/c1-3-9-8(7-11-12)5-4-6-10(9)13-2/h4-6,11-12H,3,7H2,1-2H3. The zero-order chi connectivity index (χ0) is 9.68. The van der Waals surface area contributed by atoms with Crippen LogP contribution < -0.4 is 10.2 Å². The van der Waals surface area contributed by atoms with Crippen LogP contribution in [0.15, 0.2) is 18.2 Å². The molecular formula is C10H15NO2. The SMILES string of the molecule is CCc1c(CNO)cccc1OC.